The fraction of sp³-hybridized carbons (Fsp3) is 0.625. The van der Waals surface area contributed by atoms with Gasteiger partial charge in [0.1, 0.15) is 0 Å². The predicted octanol–water partition coefficient (Wildman–Crippen LogP) is 0.540. The molecule has 0 aromatic carbocycles. The van der Waals surface area contributed by atoms with Crippen LogP contribution in [0, 0.1) is 0 Å². The van der Waals surface area contributed by atoms with Crippen molar-refractivity contribution >= 4 is 6.41 Å². The Balaban J connectivity index is 3.70. The Labute approximate surface area is 68.3 Å². The molecule has 0 saturated carbocycles. The molecule has 0 fully saturated rings. The molecule has 3 nitrogen and oxygen atoms in total. The van der Waals surface area contributed by atoms with Crippen molar-refractivity contribution < 1.29 is 4.79 Å². The summed E-state index contributed by atoms with van der Waals surface area (Å²) in [6.45, 7) is 7.08. The Morgan fingerprint density at radius 2 is 2.00 bits per heavy atom. The molecule has 0 N–H and O–H groups in total. The van der Waals surface area contributed by atoms with Crippen LogP contribution in [0.25, 0.3) is 0 Å². The van der Waals surface area contributed by atoms with Gasteiger partial charge in [0.25, 0.3) is 0 Å². The zero-order chi connectivity index (χ0) is 8.85. The molecule has 64 valence electrons. The Hall–Kier alpha value is -0.830. The summed E-state index contributed by atoms with van der Waals surface area (Å²) in [5.74, 6) is 0. The third-order valence-electron chi connectivity index (χ3n) is 1.41. The van der Waals surface area contributed by atoms with E-state index in [4.69, 9.17) is 0 Å². The molecule has 0 heterocycles. The van der Waals surface area contributed by atoms with Gasteiger partial charge in [-0.25, -0.2) is 0 Å². The van der Waals surface area contributed by atoms with Crippen molar-refractivity contribution in [3.8, 4) is 0 Å². The zero-order valence-electron chi connectivity index (χ0n) is 7.50. The molecule has 0 saturated heterocycles. The van der Waals surface area contributed by atoms with Crippen LogP contribution in [0.15, 0.2) is 12.3 Å². The van der Waals surface area contributed by atoms with E-state index in [1.807, 2.05) is 25.9 Å². The van der Waals surface area contributed by atoms with Crippen molar-refractivity contribution in [1.29, 1.82) is 0 Å². The maximum Gasteiger partial charge on any atom is 0.213 e. The van der Waals surface area contributed by atoms with Crippen molar-refractivity contribution in [3.05, 3.63) is 12.3 Å². The molecular weight excluding hydrogens is 140 g/mol. The molecular formula is C8H16N2O. The summed E-state index contributed by atoms with van der Waals surface area (Å²) >= 11 is 0. The summed E-state index contributed by atoms with van der Waals surface area (Å²) in [4.78, 5) is 14.0. The molecule has 0 radical (unpaired) electrons. The lowest BCUT2D eigenvalue weighted by molar-refractivity contribution is -0.116. The molecule has 11 heavy (non-hydrogen) atoms. The van der Waals surface area contributed by atoms with Crippen LogP contribution in [0.4, 0.5) is 0 Å². The SMILES string of the molecule is C=C(C)N(C=O)CCN(C)C. The predicted molar refractivity (Wildman–Crippen MR) is 46.1 cm³/mol. The number of hydrogen-bond acceptors (Lipinski definition) is 2. The van der Waals surface area contributed by atoms with E-state index >= 15 is 0 Å². The maximum atomic E-state index is 10.4. The highest BCUT2D eigenvalue weighted by molar-refractivity contribution is 5.50. The van der Waals surface area contributed by atoms with Gasteiger partial charge in [-0.15, -0.1) is 0 Å². The number of likely N-dealkylation sites (N-methyl/N-ethyl adjacent to an activating group) is 1. The molecule has 3 heteroatoms. The number of rotatable bonds is 5. The van der Waals surface area contributed by atoms with Crippen molar-refractivity contribution in [2.45, 2.75) is 6.92 Å². The average Bonchev–Trinajstić information content (AvgIpc) is 1.87. The molecule has 0 aliphatic carbocycles. The summed E-state index contributed by atoms with van der Waals surface area (Å²) in [6.07, 6.45) is 0.811. The second-order valence-corrected chi connectivity index (χ2v) is 2.84. The van der Waals surface area contributed by atoms with Crippen LogP contribution in [-0.4, -0.2) is 43.4 Å². The zero-order valence-corrected chi connectivity index (χ0v) is 7.50. The van der Waals surface area contributed by atoms with Crippen LogP contribution < -0.4 is 0 Å². The van der Waals surface area contributed by atoms with Crippen LogP contribution in [0.1, 0.15) is 6.92 Å². The van der Waals surface area contributed by atoms with Gasteiger partial charge in [0.05, 0.1) is 0 Å². The molecule has 0 spiro atoms. The Morgan fingerprint density at radius 3 is 2.27 bits per heavy atom. The van der Waals surface area contributed by atoms with Crippen LogP contribution in [0.3, 0.4) is 0 Å². The number of carbonyl (C=O) groups is 1. The second-order valence-electron chi connectivity index (χ2n) is 2.84. The summed E-state index contributed by atoms with van der Waals surface area (Å²) in [5, 5.41) is 0. The lowest BCUT2D eigenvalue weighted by Crippen LogP contribution is -2.29. The summed E-state index contributed by atoms with van der Waals surface area (Å²) in [7, 11) is 3.95. The minimum absolute atomic E-state index is 0.714. The first-order valence-corrected chi connectivity index (χ1v) is 3.60. The van der Waals surface area contributed by atoms with Gasteiger partial charge in [0, 0.05) is 18.8 Å². The Bertz CT molecular complexity index is 143. The van der Waals surface area contributed by atoms with E-state index in [1.54, 1.807) is 4.90 Å². The summed E-state index contributed by atoms with van der Waals surface area (Å²) < 4.78 is 0. The quantitative estimate of drug-likeness (QED) is 0.542. The highest BCUT2D eigenvalue weighted by Crippen LogP contribution is 1.95. The maximum absolute atomic E-state index is 10.4. The van der Waals surface area contributed by atoms with Crippen LogP contribution in [0.5, 0.6) is 0 Å². The van der Waals surface area contributed by atoms with Gasteiger partial charge in [-0.2, -0.15) is 0 Å². The minimum atomic E-state index is 0.714. The molecule has 0 aromatic rings. The molecule has 0 rings (SSSR count). The van der Waals surface area contributed by atoms with Crippen LogP contribution in [-0.2, 0) is 4.79 Å². The van der Waals surface area contributed by atoms with Gasteiger partial charge >= 0.3 is 0 Å². The largest absolute Gasteiger partial charge is 0.318 e. The molecule has 0 aromatic heterocycles. The number of amides is 1. The topological polar surface area (TPSA) is 23.6 Å². The first-order valence-electron chi connectivity index (χ1n) is 3.60. The van der Waals surface area contributed by atoms with E-state index in [-0.39, 0.29) is 0 Å². The average molecular weight is 156 g/mol. The highest BCUT2D eigenvalue weighted by atomic mass is 16.1. The number of carbonyl (C=O) groups excluding carboxylic acids is 1. The number of allylic oxidation sites excluding steroid dienone is 1. The van der Waals surface area contributed by atoms with E-state index in [0.29, 0.717) is 6.54 Å². The molecule has 0 bridgehead atoms. The first kappa shape index (κ1) is 10.2. The standard InChI is InChI=1S/C8H16N2O/c1-8(2)10(7-11)6-5-9(3)4/h7H,1,5-6H2,2-4H3. The fourth-order valence-corrected chi connectivity index (χ4v) is 0.641. The minimum Gasteiger partial charge on any atom is -0.318 e. The molecule has 0 aliphatic heterocycles. The monoisotopic (exact) mass is 156 g/mol. The number of nitrogens with zero attached hydrogens (tertiary/aromatic N) is 2. The first-order chi connectivity index (χ1) is 5.07. The fourth-order valence-electron chi connectivity index (χ4n) is 0.641. The van der Waals surface area contributed by atoms with Crippen molar-refractivity contribution in [2.24, 2.45) is 0 Å². The van der Waals surface area contributed by atoms with Gasteiger partial charge in [0.2, 0.25) is 6.41 Å². The van der Waals surface area contributed by atoms with Crippen molar-refractivity contribution in [1.82, 2.24) is 9.80 Å². The van der Waals surface area contributed by atoms with Crippen LogP contribution in [0.2, 0.25) is 0 Å². The summed E-state index contributed by atoms with van der Waals surface area (Å²) in [5.41, 5.74) is 0.793. The number of hydrogen-bond donors (Lipinski definition) is 0. The molecule has 0 aliphatic rings. The highest BCUT2D eigenvalue weighted by Gasteiger charge is 2.00. The van der Waals surface area contributed by atoms with Gasteiger partial charge in [-0.3, -0.25) is 4.79 Å². The van der Waals surface area contributed by atoms with Crippen molar-refractivity contribution in [3.63, 3.8) is 0 Å². The second kappa shape index (κ2) is 4.91. The third-order valence-corrected chi connectivity index (χ3v) is 1.41. The third kappa shape index (κ3) is 4.56. The van der Waals surface area contributed by atoms with Gasteiger partial charge < -0.3 is 9.80 Å². The van der Waals surface area contributed by atoms with E-state index in [0.717, 1.165) is 18.7 Å². The smallest absolute Gasteiger partial charge is 0.213 e. The Morgan fingerprint density at radius 1 is 1.45 bits per heavy atom. The van der Waals surface area contributed by atoms with Gasteiger partial charge in [0.15, 0.2) is 0 Å². The van der Waals surface area contributed by atoms with Gasteiger partial charge in [-0.1, -0.05) is 6.58 Å². The van der Waals surface area contributed by atoms with E-state index in [1.165, 1.54) is 0 Å². The van der Waals surface area contributed by atoms with E-state index < -0.39 is 0 Å². The molecule has 0 atom stereocenters. The summed E-state index contributed by atoms with van der Waals surface area (Å²) in [6, 6.07) is 0. The van der Waals surface area contributed by atoms with Crippen LogP contribution >= 0.6 is 0 Å². The van der Waals surface area contributed by atoms with Crippen molar-refractivity contribution in [2.75, 3.05) is 27.2 Å². The van der Waals surface area contributed by atoms with E-state index in [2.05, 4.69) is 6.58 Å². The lowest BCUT2D eigenvalue weighted by Gasteiger charge is -2.19. The van der Waals surface area contributed by atoms with E-state index in [9.17, 15) is 4.79 Å². The Kier molecular flexibility index (Phi) is 4.54. The normalized spacial score (nSPS) is 9.82. The molecule has 0 unspecified atom stereocenters. The molecule has 1 amide bonds. The lowest BCUT2D eigenvalue weighted by atomic mass is 10.4. The van der Waals surface area contributed by atoms with Gasteiger partial charge in [-0.05, 0) is 21.0 Å².